The van der Waals surface area contributed by atoms with Crippen molar-refractivity contribution in [3.63, 3.8) is 0 Å². The first kappa shape index (κ1) is 22.2. The number of hydrogen-bond donors (Lipinski definition) is 2. The first-order chi connectivity index (χ1) is 12.6. The number of rotatable bonds is 5. The molecule has 0 bridgehead atoms. The maximum Gasteiger partial charge on any atom is 0.191 e. The van der Waals surface area contributed by atoms with Gasteiger partial charge in [0.15, 0.2) is 5.96 Å². The van der Waals surface area contributed by atoms with Gasteiger partial charge >= 0.3 is 0 Å². The lowest BCUT2D eigenvalue weighted by molar-refractivity contribution is 0.412. The Balaban J connectivity index is 0.00000261. The van der Waals surface area contributed by atoms with E-state index >= 15 is 0 Å². The quantitative estimate of drug-likeness (QED) is 0.366. The Morgan fingerprint density at radius 1 is 1.33 bits per heavy atom. The van der Waals surface area contributed by atoms with Gasteiger partial charge in [0, 0.05) is 45.8 Å². The number of aliphatic imine (C=N–C) groups is 1. The number of guanidine groups is 1. The minimum atomic E-state index is -0.712. The van der Waals surface area contributed by atoms with Crippen molar-refractivity contribution in [1.82, 2.24) is 10.6 Å². The monoisotopic (exact) mass is 503 g/mol. The maximum atomic E-state index is 12.1. The van der Waals surface area contributed by atoms with E-state index in [9.17, 15) is 4.21 Å². The minimum Gasteiger partial charge on any atom is -0.459 e. The third-order valence-electron chi connectivity index (χ3n) is 5.21. The van der Waals surface area contributed by atoms with Crippen molar-refractivity contribution in [2.45, 2.75) is 57.4 Å². The van der Waals surface area contributed by atoms with Gasteiger partial charge in [-0.05, 0) is 32.3 Å². The summed E-state index contributed by atoms with van der Waals surface area (Å²) in [7, 11) is 1.07. The van der Waals surface area contributed by atoms with Crippen LogP contribution in [0.1, 0.15) is 43.9 Å². The number of benzene rings is 1. The minimum absolute atomic E-state index is 0. The average Bonchev–Trinajstić information content (AvgIpc) is 3.00. The fourth-order valence-electron chi connectivity index (χ4n) is 3.70. The predicted molar refractivity (Wildman–Crippen MR) is 124 cm³/mol. The van der Waals surface area contributed by atoms with Crippen molar-refractivity contribution in [2.75, 3.05) is 12.8 Å². The highest BCUT2D eigenvalue weighted by Gasteiger charge is 2.26. The lowest BCUT2D eigenvalue weighted by Gasteiger charge is -2.30. The van der Waals surface area contributed by atoms with Gasteiger partial charge in [0.2, 0.25) is 0 Å². The molecule has 27 heavy (non-hydrogen) atoms. The number of halogens is 1. The van der Waals surface area contributed by atoms with Crippen molar-refractivity contribution in [1.29, 1.82) is 0 Å². The van der Waals surface area contributed by atoms with Crippen LogP contribution in [0.5, 0.6) is 0 Å². The number of nitrogens with one attached hydrogen (secondary N) is 2. The van der Waals surface area contributed by atoms with Gasteiger partial charge in [-0.2, -0.15) is 0 Å². The third kappa shape index (κ3) is 5.47. The van der Waals surface area contributed by atoms with Crippen LogP contribution in [0.25, 0.3) is 11.0 Å². The van der Waals surface area contributed by atoms with E-state index in [0.29, 0.717) is 17.8 Å². The fourth-order valence-corrected chi connectivity index (χ4v) is 5.04. The topological polar surface area (TPSA) is 66.6 Å². The lowest BCUT2D eigenvalue weighted by atomic mass is 9.95. The SMILES string of the molecule is CCS(=O)C1CCCC(NC(=NC)NCc2oc3ccccc3c2C)C1.I. The summed E-state index contributed by atoms with van der Waals surface area (Å²) in [4.78, 5) is 4.35. The third-order valence-corrected chi connectivity index (χ3v) is 6.95. The summed E-state index contributed by atoms with van der Waals surface area (Å²) < 4.78 is 18.1. The normalized spacial score (nSPS) is 21.5. The summed E-state index contributed by atoms with van der Waals surface area (Å²) in [6.07, 6.45) is 4.24. The van der Waals surface area contributed by atoms with Gasteiger partial charge in [-0.1, -0.05) is 31.5 Å². The smallest absolute Gasteiger partial charge is 0.191 e. The lowest BCUT2D eigenvalue weighted by Crippen LogP contribution is -2.46. The zero-order valence-electron chi connectivity index (χ0n) is 16.3. The molecule has 2 aromatic rings. The highest BCUT2D eigenvalue weighted by molar-refractivity contribution is 14.0. The molecule has 1 aliphatic carbocycles. The van der Waals surface area contributed by atoms with Gasteiger partial charge < -0.3 is 15.1 Å². The van der Waals surface area contributed by atoms with Crippen molar-refractivity contribution < 1.29 is 8.63 Å². The number of aryl methyl sites for hydroxylation is 1. The van der Waals surface area contributed by atoms with E-state index in [-0.39, 0.29) is 24.0 Å². The molecule has 0 spiro atoms. The molecule has 1 saturated carbocycles. The molecule has 3 rings (SSSR count). The predicted octanol–water partition coefficient (Wildman–Crippen LogP) is 4.10. The van der Waals surface area contributed by atoms with Crippen LogP contribution in [0.2, 0.25) is 0 Å². The Morgan fingerprint density at radius 3 is 2.81 bits per heavy atom. The van der Waals surface area contributed by atoms with Crippen LogP contribution in [0.4, 0.5) is 0 Å². The van der Waals surface area contributed by atoms with Crippen LogP contribution < -0.4 is 10.6 Å². The van der Waals surface area contributed by atoms with Crippen molar-refractivity contribution in [2.24, 2.45) is 4.99 Å². The Hall–Kier alpha value is -1.09. The molecule has 3 unspecified atom stereocenters. The number of furan rings is 1. The molecule has 1 aromatic heterocycles. The molecule has 1 aromatic carbocycles. The highest BCUT2D eigenvalue weighted by Crippen LogP contribution is 2.25. The standard InChI is InChI=1S/C20H29N3O2S.HI/c1-4-26(24)16-9-7-8-15(12-16)23-20(21-3)22-13-19-14(2)17-10-5-6-11-18(17)25-19;/h5-6,10-11,15-16H,4,7-9,12-13H2,1-3H3,(H2,21,22,23);1H. The molecule has 3 atom stereocenters. The van der Waals surface area contributed by atoms with Crippen LogP contribution in [-0.2, 0) is 17.3 Å². The Kier molecular flexibility index (Phi) is 8.60. The average molecular weight is 503 g/mol. The van der Waals surface area contributed by atoms with Crippen molar-refractivity contribution in [3.05, 3.63) is 35.6 Å². The zero-order valence-corrected chi connectivity index (χ0v) is 19.4. The van der Waals surface area contributed by atoms with E-state index in [1.807, 2.05) is 25.1 Å². The van der Waals surface area contributed by atoms with E-state index in [4.69, 9.17) is 4.42 Å². The second-order valence-corrected chi connectivity index (χ2v) is 8.88. The molecule has 0 saturated heterocycles. The molecule has 0 aliphatic heterocycles. The summed E-state index contributed by atoms with van der Waals surface area (Å²) in [6, 6.07) is 8.42. The van der Waals surface area contributed by atoms with Gasteiger partial charge in [-0.3, -0.25) is 9.20 Å². The van der Waals surface area contributed by atoms with Crippen LogP contribution in [0.15, 0.2) is 33.7 Å². The zero-order chi connectivity index (χ0) is 18.5. The van der Waals surface area contributed by atoms with Gasteiger partial charge in [0.1, 0.15) is 11.3 Å². The second-order valence-electron chi connectivity index (χ2n) is 6.87. The van der Waals surface area contributed by atoms with Gasteiger partial charge in [0.25, 0.3) is 0 Å². The molecule has 0 amide bonds. The molecule has 7 heteroatoms. The molecular formula is C20H30IN3O2S. The first-order valence-corrected chi connectivity index (χ1v) is 10.8. The Bertz CT molecular complexity index is 806. The fraction of sp³-hybridized carbons (Fsp3) is 0.550. The molecule has 5 nitrogen and oxygen atoms in total. The van der Waals surface area contributed by atoms with E-state index in [1.54, 1.807) is 7.05 Å². The van der Waals surface area contributed by atoms with E-state index < -0.39 is 10.8 Å². The van der Waals surface area contributed by atoms with Crippen LogP contribution in [0, 0.1) is 6.92 Å². The Labute approximate surface area is 181 Å². The van der Waals surface area contributed by atoms with Crippen LogP contribution in [0.3, 0.4) is 0 Å². The summed E-state index contributed by atoms with van der Waals surface area (Å²) >= 11 is 0. The van der Waals surface area contributed by atoms with E-state index in [1.165, 1.54) is 5.56 Å². The first-order valence-electron chi connectivity index (χ1n) is 9.43. The van der Waals surface area contributed by atoms with Crippen molar-refractivity contribution in [3.8, 4) is 0 Å². The highest BCUT2D eigenvalue weighted by atomic mass is 127. The molecule has 1 fully saturated rings. The summed E-state index contributed by atoms with van der Waals surface area (Å²) in [5.41, 5.74) is 2.08. The van der Waals surface area contributed by atoms with E-state index in [2.05, 4.69) is 28.6 Å². The Morgan fingerprint density at radius 2 is 2.11 bits per heavy atom. The summed E-state index contributed by atoms with van der Waals surface area (Å²) in [5, 5.41) is 8.33. The number of hydrogen-bond acceptors (Lipinski definition) is 3. The number of para-hydroxylation sites is 1. The van der Waals surface area contributed by atoms with Crippen LogP contribution in [-0.4, -0.2) is 34.3 Å². The molecule has 150 valence electrons. The van der Waals surface area contributed by atoms with Gasteiger partial charge in [-0.15, -0.1) is 24.0 Å². The maximum absolute atomic E-state index is 12.1. The molecule has 1 aliphatic rings. The molecule has 1 heterocycles. The van der Waals surface area contributed by atoms with Crippen LogP contribution >= 0.6 is 24.0 Å². The molecule has 2 N–H and O–H groups in total. The van der Waals surface area contributed by atoms with Gasteiger partial charge in [0.05, 0.1) is 6.54 Å². The number of fused-ring (bicyclic) bond motifs is 1. The molecular weight excluding hydrogens is 473 g/mol. The van der Waals surface area contributed by atoms with Crippen molar-refractivity contribution >= 4 is 51.7 Å². The van der Waals surface area contributed by atoms with Gasteiger partial charge in [-0.25, -0.2) is 0 Å². The number of nitrogens with zero attached hydrogens (tertiary/aromatic N) is 1. The summed E-state index contributed by atoms with van der Waals surface area (Å²) in [5.74, 6) is 2.45. The second kappa shape index (κ2) is 10.5. The largest absolute Gasteiger partial charge is 0.459 e. The van der Waals surface area contributed by atoms with E-state index in [0.717, 1.165) is 54.1 Å². The molecule has 0 radical (unpaired) electrons. The summed E-state index contributed by atoms with van der Waals surface area (Å²) in [6.45, 7) is 4.69.